The van der Waals surface area contributed by atoms with Gasteiger partial charge in [0.1, 0.15) is 0 Å². The highest BCUT2D eigenvalue weighted by atomic mass is 16.3. The molecule has 1 aromatic carbocycles. The van der Waals surface area contributed by atoms with Crippen molar-refractivity contribution in [3.05, 3.63) is 23.8 Å². The lowest BCUT2D eigenvalue weighted by molar-refractivity contribution is 0.291. The molecule has 0 bridgehead atoms. The zero-order valence-electron chi connectivity index (χ0n) is 11.0. The molecule has 100 valence electrons. The molecule has 0 radical (unpaired) electrons. The molecule has 1 heterocycles. The van der Waals surface area contributed by atoms with Gasteiger partial charge in [-0.3, -0.25) is 0 Å². The number of hydrogen-bond acceptors (Lipinski definition) is 4. The fraction of sp³-hybridized carbons (Fsp3) is 0.571. The molecule has 0 spiro atoms. The van der Waals surface area contributed by atoms with Gasteiger partial charge in [0.05, 0.1) is 6.61 Å². The number of aryl methyl sites for hydroxylation is 1. The van der Waals surface area contributed by atoms with Crippen molar-refractivity contribution < 1.29 is 5.11 Å². The zero-order chi connectivity index (χ0) is 13.0. The van der Waals surface area contributed by atoms with Crippen LogP contribution in [0.4, 0.5) is 11.4 Å². The maximum atomic E-state index is 8.80. The van der Waals surface area contributed by atoms with Crippen molar-refractivity contribution in [3.63, 3.8) is 0 Å². The van der Waals surface area contributed by atoms with E-state index in [1.165, 1.54) is 18.5 Å². The van der Waals surface area contributed by atoms with Crippen LogP contribution in [0, 0.1) is 6.92 Å². The summed E-state index contributed by atoms with van der Waals surface area (Å²) >= 11 is 0. The Labute approximate surface area is 109 Å². The smallest absolute Gasteiger partial charge is 0.0555 e. The summed E-state index contributed by atoms with van der Waals surface area (Å²) < 4.78 is 0. The van der Waals surface area contributed by atoms with Gasteiger partial charge in [-0.2, -0.15) is 0 Å². The van der Waals surface area contributed by atoms with Crippen molar-refractivity contribution in [1.82, 2.24) is 5.32 Å². The average molecular weight is 249 g/mol. The maximum absolute atomic E-state index is 8.80. The van der Waals surface area contributed by atoms with Crippen LogP contribution >= 0.6 is 0 Å². The molecule has 2 rings (SSSR count). The number of benzene rings is 1. The number of aliphatic hydroxyl groups excluding tert-OH is 1. The van der Waals surface area contributed by atoms with Gasteiger partial charge < -0.3 is 21.1 Å². The summed E-state index contributed by atoms with van der Waals surface area (Å²) in [4.78, 5) is 2.44. The summed E-state index contributed by atoms with van der Waals surface area (Å²) in [5, 5.41) is 12.1. The number of anilines is 2. The second-order valence-corrected chi connectivity index (χ2v) is 4.96. The molecule has 1 aromatic rings. The van der Waals surface area contributed by atoms with Gasteiger partial charge in [-0.25, -0.2) is 0 Å². The quantitative estimate of drug-likeness (QED) is 0.541. The normalized spacial score (nSPS) is 19.4. The van der Waals surface area contributed by atoms with Crippen LogP contribution in [0.1, 0.15) is 18.4 Å². The predicted octanol–water partition coefficient (Wildman–Crippen LogP) is 1.13. The number of nitrogen functional groups attached to an aromatic ring is 1. The lowest BCUT2D eigenvalue weighted by Gasteiger charge is -2.27. The minimum absolute atomic E-state index is 0.202. The molecular formula is C14H23N3O. The molecule has 1 aliphatic rings. The van der Waals surface area contributed by atoms with Gasteiger partial charge in [-0.1, -0.05) is 0 Å². The molecule has 1 unspecified atom stereocenters. The third-order valence-electron chi connectivity index (χ3n) is 3.63. The first-order valence-electron chi connectivity index (χ1n) is 6.66. The summed E-state index contributed by atoms with van der Waals surface area (Å²) in [6.07, 6.45) is 2.44. The standard InChI is InChI=1S/C14H23N3O/c1-11-9-12(4-5-14(11)15)17-7-2-3-13(17)10-16-6-8-18/h4-5,9,13,16,18H,2-3,6-8,10,15H2,1H3. The third-order valence-corrected chi connectivity index (χ3v) is 3.63. The van der Waals surface area contributed by atoms with Crippen LogP contribution in [0.5, 0.6) is 0 Å². The van der Waals surface area contributed by atoms with E-state index in [-0.39, 0.29) is 6.61 Å². The Kier molecular flexibility index (Phi) is 4.44. The van der Waals surface area contributed by atoms with Gasteiger partial charge >= 0.3 is 0 Å². The molecule has 4 N–H and O–H groups in total. The lowest BCUT2D eigenvalue weighted by Crippen LogP contribution is -2.38. The first-order chi connectivity index (χ1) is 8.72. The van der Waals surface area contributed by atoms with Crippen LogP contribution in [-0.2, 0) is 0 Å². The summed E-state index contributed by atoms with van der Waals surface area (Å²) in [6, 6.07) is 6.78. The maximum Gasteiger partial charge on any atom is 0.0555 e. The topological polar surface area (TPSA) is 61.5 Å². The van der Waals surface area contributed by atoms with Crippen LogP contribution < -0.4 is 16.0 Å². The second kappa shape index (κ2) is 6.07. The highest BCUT2D eigenvalue weighted by Crippen LogP contribution is 2.27. The fourth-order valence-electron chi connectivity index (χ4n) is 2.57. The summed E-state index contributed by atoms with van der Waals surface area (Å²) in [5.41, 5.74) is 9.12. The van der Waals surface area contributed by atoms with Crippen LogP contribution in [0.25, 0.3) is 0 Å². The van der Waals surface area contributed by atoms with E-state index in [0.29, 0.717) is 12.6 Å². The monoisotopic (exact) mass is 249 g/mol. The van der Waals surface area contributed by atoms with Crippen molar-refractivity contribution in [2.45, 2.75) is 25.8 Å². The number of rotatable bonds is 5. The van der Waals surface area contributed by atoms with E-state index >= 15 is 0 Å². The van der Waals surface area contributed by atoms with Crippen molar-refractivity contribution in [1.29, 1.82) is 0 Å². The summed E-state index contributed by atoms with van der Waals surface area (Å²) in [6.45, 7) is 4.96. The Morgan fingerprint density at radius 1 is 1.50 bits per heavy atom. The molecule has 1 aliphatic heterocycles. The Hall–Kier alpha value is -1.26. The van der Waals surface area contributed by atoms with Crippen molar-refractivity contribution in [2.75, 3.05) is 36.9 Å². The van der Waals surface area contributed by atoms with Gasteiger partial charge in [0, 0.05) is 37.1 Å². The zero-order valence-corrected chi connectivity index (χ0v) is 11.0. The van der Waals surface area contributed by atoms with Gasteiger partial charge in [0.2, 0.25) is 0 Å². The highest BCUT2D eigenvalue weighted by molar-refractivity contribution is 5.58. The van der Waals surface area contributed by atoms with Gasteiger partial charge in [-0.05, 0) is 43.5 Å². The van der Waals surface area contributed by atoms with E-state index in [2.05, 4.69) is 22.3 Å². The molecule has 1 atom stereocenters. The molecular weight excluding hydrogens is 226 g/mol. The van der Waals surface area contributed by atoms with E-state index in [0.717, 1.165) is 24.3 Å². The average Bonchev–Trinajstić information content (AvgIpc) is 2.81. The Morgan fingerprint density at radius 3 is 3.06 bits per heavy atom. The van der Waals surface area contributed by atoms with Crippen LogP contribution in [0.15, 0.2) is 18.2 Å². The Bertz CT molecular complexity index is 395. The van der Waals surface area contributed by atoms with Crippen molar-refractivity contribution >= 4 is 11.4 Å². The molecule has 18 heavy (non-hydrogen) atoms. The molecule has 0 aromatic heterocycles. The third kappa shape index (κ3) is 2.94. The molecule has 1 fully saturated rings. The largest absolute Gasteiger partial charge is 0.399 e. The van der Waals surface area contributed by atoms with Crippen LogP contribution in [-0.4, -0.2) is 37.4 Å². The minimum atomic E-state index is 0.202. The number of nitrogens with zero attached hydrogens (tertiary/aromatic N) is 1. The van der Waals surface area contributed by atoms with Gasteiger partial charge in [0.15, 0.2) is 0 Å². The fourth-order valence-corrected chi connectivity index (χ4v) is 2.57. The lowest BCUT2D eigenvalue weighted by atomic mass is 10.1. The molecule has 0 aliphatic carbocycles. The van der Waals surface area contributed by atoms with Crippen LogP contribution in [0.2, 0.25) is 0 Å². The van der Waals surface area contributed by atoms with E-state index in [4.69, 9.17) is 10.8 Å². The Balaban J connectivity index is 2.03. The second-order valence-electron chi connectivity index (χ2n) is 4.96. The molecule has 4 nitrogen and oxygen atoms in total. The van der Waals surface area contributed by atoms with Crippen molar-refractivity contribution in [2.24, 2.45) is 0 Å². The molecule has 4 heteroatoms. The number of nitrogens with two attached hydrogens (primary N) is 1. The number of nitrogens with one attached hydrogen (secondary N) is 1. The van der Waals surface area contributed by atoms with Gasteiger partial charge in [-0.15, -0.1) is 0 Å². The first kappa shape index (κ1) is 13.2. The first-order valence-corrected chi connectivity index (χ1v) is 6.66. The van der Waals surface area contributed by atoms with Gasteiger partial charge in [0.25, 0.3) is 0 Å². The molecule has 1 saturated heterocycles. The minimum Gasteiger partial charge on any atom is -0.399 e. The van der Waals surface area contributed by atoms with E-state index in [9.17, 15) is 0 Å². The highest BCUT2D eigenvalue weighted by Gasteiger charge is 2.24. The number of hydrogen-bond donors (Lipinski definition) is 3. The summed E-state index contributed by atoms with van der Waals surface area (Å²) in [7, 11) is 0. The molecule has 0 amide bonds. The Morgan fingerprint density at radius 2 is 2.33 bits per heavy atom. The summed E-state index contributed by atoms with van der Waals surface area (Å²) in [5.74, 6) is 0. The SMILES string of the molecule is Cc1cc(N2CCCC2CNCCO)ccc1N. The van der Waals surface area contributed by atoms with E-state index in [1.807, 2.05) is 13.0 Å². The predicted molar refractivity (Wildman–Crippen MR) is 75.9 cm³/mol. The number of aliphatic hydroxyl groups is 1. The van der Waals surface area contributed by atoms with Crippen LogP contribution in [0.3, 0.4) is 0 Å². The molecule has 0 saturated carbocycles. The van der Waals surface area contributed by atoms with E-state index in [1.54, 1.807) is 0 Å². The van der Waals surface area contributed by atoms with E-state index < -0.39 is 0 Å². The van der Waals surface area contributed by atoms with Crippen molar-refractivity contribution in [3.8, 4) is 0 Å².